The van der Waals surface area contributed by atoms with Crippen molar-refractivity contribution in [2.24, 2.45) is 11.8 Å². The third-order valence-corrected chi connectivity index (χ3v) is 11.5. The number of hydrogen-bond donors (Lipinski definition) is 9. The molecule has 3 rings (SSSR count). The summed E-state index contributed by atoms with van der Waals surface area (Å²) in [4.78, 5) is 143. The number of carbonyl (C=O) groups excluding carboxylic acids is 8. The maximum Gasteiger partial charge on any atom is 0.322 e. The van der Waals surface area contributed by atoms with Gasteiger partial charge in [0.2, 0.25) is 41.2 Å². The number of rotatable bonds is 25. The molecule has 9 N–H and O–H groups in total. The van der Waals surface area contributed by atoms with Gasteiger partial charge in [-0.15, -0.1) is 0 Å². The van der Waals surface area contributed by atoms with Gasteiger partial charge >= 0.3 is 17.9 Å². The van der Waals surface area contributed by atoms with Gasteiger partial charge in [0.1, 0.15) is 36.8 Å². The summed E-state index contributed by atoms with van der Waals surface area (Å²) in [7, 11) is 0. The monoisotopic (exact) mass is 913 g/mol. The molecule has 1 aliphatic heterocycles. The Labute approximate surface area is 377 Å². The zero-order valence-corrected chi connectivity index (χ0v) is 37.3. The summed E-state index contributed by atoms with van der Waals surface area (Å²) in [5, 5.41) is 42.4. The van der Waals surface area contributed by atoms with Crippen molar-refractivity contribution < 1.29 is 68.1 Å². The second-order valence-corrected chi connectivity index (χ2v) is 16.9. The largest absolute Gasteiger partial charge is 0.481 e. The van der Waals surface area contributed by atoms with Gasteiger partial charge in [0.15, 0.2) is 0 Å². The second-order valence-electron chi connectivity index (χ2n) is 16.9. The molecule has 0 aromatic heterocycles. The van der Waals surface area contributed by atoms with Gasteiger partial charge in [0, 0.05) is 32.2 Å². The molecule has 2 fully saturated rings. The maximum atomic E-state index is 15.0. The Morgan fingerprint density at radius 2 is 1.28 bits per heavy atom. The fraction of sp³-hybridized carbons (Fsp3) is 0.614. The van der Waals surface area contributed by atoms with Gasteiger partial charge < -0.3 is 52.1 Å². The average molecular weight is 914 g/mol. The van der Waals surface area contributed by atoms with Crippen LogP contribution in [-0.2, 0) is 52.7 Å². The van der Waals surface area contributed by atoms with Gasteiger partial charge in [-0.05, 0) is 55.9 Å². The van der Waals surface area contributed by atoms with Gasteiger partial charge in [-0.3, -0.25) is 52.7 Å². The van der Waals surface area contributed by atoms with Crippen LogP contribution in [0.4, 0.5) is 0 Å². The van der Waals surface area contributed by atoms with Gasteiger partial charge in [-0.25, -0.2) is 0 Å². The van der Waals surface area contributed by atoms with Crippen LogP contribution in [0.5, 0.6) is 0 Å². The van der Waals surface area contributed by atoms with Crippen LogP contribution >= 0.6 is 0 Å². The van der Waals surface area contributed by atoms with E-state index in [1.54, 1.807) is 20.8 Å². The highest BCUT2D eigenvalue weighted by atomic mass is 16.4. The summed E-state index contributed by atoms with van der Waals surface area (Å²) in [6.45, 7) is 5.31. The predicted octanol–water partition coefficient (Wildman–Crippen LogP) is 0.351. The summed E-state index contributed by atoms with van der Waals surface area (Å²) in [6.07, 6.45) is 2.11. The molecule has 358 valence electrons. The van der Waals surface area contributed by atoms with Crippen LogP contribution < -0.4 is 31.9 Å². The topological polar surface area (TPSA) is 324 Å². The summed E-state index contributed by atoms with van der Waals surface area (Å²) >= 11 is 0. The highest BCUT2D eigenvalue weighted by Crippen LogP contribution is 2.35. The second kappa shape index (κ2) is 25.8. The van der Waals surface area contributed by atoms with Crippen LogP contribution in [-0.4, -0.2) is 135 Å². The lowest BCUT2D eigenvalue weighted by atomic mass is 9.83. The van der Waals surface area contributed by atoms with E-state index in [4.69, 9.17) is 10.2 Å². The van der Waals surface area contributed by atoms with Crippen LogP contribution in [0.2, 0.25) is 0 Å². The first-order chi connectivity index (χ1) is 30.7. The number of ketones is 1. The van der Waals surface area contributed by atoms with Crippen LogP contribution in [0.25, 0.3) is 0 Å². The minimum Gasteiger partial charge on any atom is -0.481 e. The molecule has 0 radical (unpaired) electrons. The molecule has 7 atom stereocenters. The highest BCUT2D eigenvalue weighted by Gasteiger charge is 2.46. The van der Waals surface area contributed by atoms with E-state index in [2.05, 4.69) is 26.6 Å². The maximum absolute atomic E-state index is 15.0. The molecule has 65 heavy (non-hydrogen) atoms. The van der Waals surface area contributed by atoms with E-state index in [9.17, 15) is 57.8 Å². The number of benzene rings is 1. The molecule has 0 spiro atoms. The smallest absolute Gasteiger partial charge is 0.322 e. The molecular weight excluding hydrogens is 851 g/mol. The number of carboxylic acid groups (broad SMARTS) is 3. The van der Waals surface area contributed by atoms with Crippen molar-refractivity contribution in [1.82, 2.24) is 36.8 Å². The van der Waals surface area contributed by atoms with Crippen molar-refractivity contribution in [3.05, 3.63) is 35.9 Å². The molecule has 21 nitrogen and oxygen atoms in total. The minimum atomic E-state index is -1.55. The lowest BCUT2D eigenvalue weighted by Gasteiger charge is -2.36. The third kappa shape index (κ3) is 16.6. The molecule has 21 heteroatoms. The molecule has 2 aliphatic rings. The van der Waals surface area contributed by atoms with Crippen molar-refractivity contribution in [3.8, 4) is 0 Å². The molecule has 1 aliphatic carbocycles. The van der Waals surface area contributed by atoms with E-state index in [-0.39, 0.29) is 31.7 Å². The Morgan fingerprint density at radius 3 is 1.82 bits per heavy atom. The molecule has 1 saturated heterocycles. The Morgan fingerprint density at radius 1 is 0.692 bits per heavy atom. The fourth-order valence-electron chi connectivity index (χ4n) is 8.17. The zero-order chi connectivity index (χ0) is 48.4. The van der Waals surface area contributed by atoms with Crippen molar-refractivity contribution >= 4 is 65.0 Å². The number of likely N-dealkylation sites (tertiary alicyclic amines) is 1. The SMILES string of the molecule is CCC[C@H](NC(=O)[C@@H]1C[C@@H](c2ccccc2)CN1C(=O)[C@@H](NC(=O)[C@@H](NC(=O)[C@H](CCC(=O)O)NC(=O)[C@H](CCC(=O)O)NC(C)=O)C(C)C)C1CCCCC1)C(=O)C(=O)NCC(=O)O. The van der Waals surface area contributed by atoms with Crippen molar-refractivity contribution in [3.63, 3.8) is 0 Å². The van der Waals surface area contributed by atoms with E-state index in [1.807, 2.05) is 35.6 Å². The number of carbonyl (C=O) groups is 11. The standard InChI is InChI=1S/C44H63N7O14/c1-5-12-29(38(59)43(64)45-22-35(57)58)47-41(62)32-21-28(26-13-8-6-9-14-26)23-51(32)44(65)37(27-15-10-7-11-16-27)50-42(63)36(24(2)3)49-40(61)31(18-20-34(55)56)48-39(60)30(46-25(4)52)17-19-33(53)54/h6,8-9,13-14,24,27-32,36-37H,5,7,10-12,15-23H2,1-4H3,(H,45,64)(H,46,52)(H,47,62)(H,48,60)(H,49,61)(H,50,63)(H,53,54)(H,55,56)(H,57,58)/t28-,29+,30+,31+,32+,36+,37+/m1/s1. The van der Waals surface area contributed by atoms with Gasteiger partial charge in [0.05, 0.1) is 6.04 Å². The average Bonchev–Trinajstić information content (AvgIpc) is 3.72. The Bertz CT molecular complexity index is 1900. The Hall–Kier alpha value is -6.41. The summed E-state index contributed by atoms with van der Waals surface area (Å²) in [5.41, 5.74) is 0.825. The molecule has 1 aromatic carbocycles. The van der Waals surface area contributed by atoms with E-state index in [0.29, 0.717) is 19.3 Å². The number of hydrogen-bond acceptors (Lipinski definition) is 11. The van der Waals surface area contributed by atoms with Crippen molar-refractivity contribution in [2.75, 3.05) is 13.1 Å². The van der Waals surface area contributed by atoms with Crippen LogP contribution in [0.15, 0.2) is 30.3 Å². The number of amides is 7. The molecule has 1 saturated carbocycles. The quantitative estimate of drug-likeness (QED) is 0.0599. The number of carboxylic acids is 3. The lowest BCUT2D eigenvalue weighted by Crippen LogP contribution is -2.61. The zero-order valence-electron chi connectivity index (χ0n) is 37.3. The first-order valence-corrected chi connectivity index (χ1v) is 22.0. The molecule has 7 amide bonds. The molecule has 0 unspecified atom stereocenters. The van der Waals surface area contributed by atoms with Gasteiger partial charge in [-0.2, -0.15) is 0 Å². The number of Topliss-reactive ketones (excluding diaryl/α,β-unsaturated/α-hetero) is 1. The van der Waals surface area contributed by atoms with Crippen LogP contribution in [0.1, 0.15) is 116 Å². The normalized spacial score (nSPS) is 18.4. The Kier molecular flexibility index (Phi) is 21.0. The van der Waals surface area contributed by atoms with E-state index in [1.165, 1.54) is 4.90 Å². The first-order valence-electron chi connectivity index (χ1n) is 22.0. The van der Waals surface area contributed by atoms with Crippen LogP contribution in [0.3, 0.4) is 0 Å². The van der Waals surface area contributed by atoms with E-state index < -0.39 is 139 Å². The molecule has 0 bridgehead atoms. The number of nitrogens with zero attached hydrogens (tertiary/aromatic N) is 1. The summed E-state index contributed by atoms with van der Waals surface area (Å²) < 4.78 is 0. The Balaban J connectivity index is 1.95. The first kappa shape index (κ1) is 52.9. The number of nitrogens with one attached hydrogen (secondary N) is 6. The number of aliphatic carboxylic acids is 3. The van der Waals surface area contributed by atoms with E-state index >= 15 is 0 Å². The van der Waals surface area contributed by atoms with E-state index in [0.717, 1.165) is 31.7 Å². The minimum absolute atomic E-state index is 0.0400. The molecule has 1 heterocycles. The van der Waals surface area contributed by atoms with Crippen LogP contribution in [0, 0.1) is 11.8 Å². The third-order valence-electron chi connectivity index (χ3n) is 11.5. The summed E-state index contributed by atoms with van der Waals surface area (Å²) in [6, 6.07) is 1.17. The predicted molar refractivity (Wildman–Crippen MR) is 230 cm³/mol. The highest BCUT2D eigenvalue weighted by molar-refractivity contribution is 6.38. The van der Waals surface area contributed by atoms with Gasteiger partial charge in [0.25, 0.3) is 5.91 Å². The summed E-state index contributed by atoms with van der Waals surface area (Å²) in [5.74, 6) is -12.2. The van der Waals surface area contributed by atoms with Gasteiger partial charge in [-0.1, -0.05) is 76.8 Å². The molecular formula is C44H63N7O14. The molecule has 1 aromatic rings. The fourth-order valence-corrected chi connectivity index (χ4v) is 8.17. The lowest BCUT2D eigenvalue weighted by molar-refractivity contribution is -0.145. The van der Waals surface area contributed by atoms with Crippen molar-refractivity contribution in [2.45, 2.75) is 147 Å². The van der Waals surface area contributed by atoms with Crippen molar-refractivity contribution in [1.29, 1.82) is 0 Å².